The highest BCUT2D eigenvalue weighted by atomic mass is 16.2. The number of carbonyl (C=O) groups excluding carboxylic acids is 3. The molecule has 1 heterocycles. The molecule has 2 N–H and O–H groups in total. The van der Waals surface area contributed by atoms with E-state index in [0.717, 1.165) is 0 Å². The lowest BCUT2D eigenvalue weighted by Crippen LogP contribution is -2.57. The van der Waals surface area contributed by atoms with Crippen molar-refractivity contribution >= 4 is 17.7 Å². The molecule has 0 radical (unpaired) electrons. The van der Waals surface area contributed by atoms with Gasteiger partial charge in [0.2, 0.25) is 17.7 Å². The predicted molar refractivity (Wildman–Crippen MR) is 62.0 cm³/mol. The first-order chi connectivity index (χ1) is 7.91. The number of hydrogen-bond donors (Lipinski definition) is 2. The normalized spacial score (nSPS) is 17.6. The average Bonchev–Trinajstić information content (AvgIpc) is 2.24. The molecule has 1 fully saturated rings. The Kier molecular flexibility index (Phi) is 4.48. The van der Waals surface area contributed by atoms with Crippen molar-refractivity contribution in [3.05, 3.63) is 0 Å². The van der Waals surface area contributed by atoms with Crippen LogP contribution in [-0.2, 0) is 14.4 Å². The van der Waals surface area contributed by atoms with Crippen molar-refractivity contribution in [3.8, 4) is 0 Å². The maximum absolute atomic E-state index is 12.2. The summed E-state index contributed by atoms with van der Waals surface area (Å²) in [5, 5.41) is 5.28. The molecule has 1 rings (SSSR count). The summed E-state index contributed by atoms with van der Waals surface area (Å²) in [6.45, 7) is 6.14. The van der Waals surface area contributed by atoms with E-state index in [2.05, 4.69) is 10.6 Å². The molecule has 0 bridgehead atoms. The minimum Gasteiger partial charge on any atom is -0.353 e. The van der Waals surface area contributed by atoms with Crippen LogP contribution in [-0.4, -0.2) is 48.3 Å². The van der Waals surface area contributed by atoms with E-state index in [1.54, 1.807) is 0 Å². The zero-order valence-corrected chi connectivity index (χ0v) is 10.4. The molecule has 0 unspecified atom stereocenters. The number of nitrogens with zero attached hydrogens (tertiary/aromatic N) is 1. The van der Waals surface area contributed by atoms with Crippen LogP contribution >= 0.6 is 0 Å². The Balaban J connectivity index is 2.69. The fourth-order valence-corrected chi connectivity index (χ4v) is 1.76. The van der Waals surface area contributed by atoms with Gasteiger partial charge >= 0.3 is 0 Å². The topological polar surface area (TPSA) is 78.5 Å². The second-order valence-electron chi connectivity index (χ2n) is 4.53. The number of rotatable bonds is 3. The molecule has 0 saturated carbocycles. The third-order valence-corrected chi connectivity index (χ3v) is 2.64. The standard InChI is InChI=1S/C11H19N3O3/c1-7(2)10(13-8(3)15)11(17)14-5-4-12-9(16)6-14/h7,10H,4-6H2,1-3H3,(H,12,16)(H,13,15)/t10-/m1/s1. The highest BCUT2D eigenvalue weighted by molar-refractivity contribution is 5.91. The largest absolute Gasteiger partial charge is 0.353 e. The smallest absolute Gasteiger partial charge is 0.245 e. The summed E-state index contributed by atoms with van der Waals surface area (Å²) in [7, 11) is 0. The third kappa shape index (κ3) is 3.72. The monoisotopic (exact) mass is 241 g/mol. The Morgan fingerprint density at radius 3 is 2.53 bits per heavy atom. The van der Waals surface area contributed by atoms with Gasteiger partial charge in [0, 0.05) is 20.0 Å². The van der Waals surface area contributed by atoms with E-state index in [1.807, 2.05) is 13.8 Å². The molecular formula is C11H19N3O3. The summed E-state index contributed by atoms with van der Waals surface area (Å²) < 4.78 is 0. The molecule has 0 aliphatic carbocycles. The molecule has 6 heteroatoms. The molecule has 0 aromatic rings. The van der Waals surface area contributed by atoms with Crippen LogP contribution in [0.1, 0.15) is 20.8 Å². The highest BCUT2D eigenvalue weighted by Gasteiger charge is 2.30. The summed E-state index contributed by atoms with van der Waals surface area (Å²) in [4.78, 5) is 35.9. The van der Waals surface area contributed by atoms with Gasteiger partial charge in [-0.25, -0.2) is 0 Å². The zero-order valence-electron chi connectivity index (χ0n) is 10.4. The van der Waals surface area contributed by atoms with E-state index in [1.165, 1.54) is 11.8 Å². The first-order valence-electron chi connectivity index (χ1n) is 5.74. The maximum atomic E-state index is 12.2. The Morgan fingerprint density at radius 2 is 2.06 bits per heavy atom. The number of carbonyl (C=O) groups is 3. The van der Waals surface area contributed by atoms with Crippen LogP contribution in [0.15, 0.2) is 0 Å². The molecule has 0 spiro atoms. The van der Waals surface area contributed by atoms with Gasteiger partial charge in [0.1, 0.15) is 6.04 Å². The number of nitrogens with one attached hydrogen (secondary N) is 2. The van der Waals surface area contributed by atoms with Crippen LogP contribution in [0.3, 0.4) is 0 Å². The quantitative estimate of drug-likeness (QED) is 0.672. The molecule has 3 amide bonds. The second kappa shape index (κ2) is 5.65. The molecule has 1 aliphatic rings. The maximum Gasteiger partial charge on any atom is 0.245 e. The minimum absolute atomic E-state index is 0.00334. The van der Waals surface area contributed by atoms with E-state index in [0.29, 0.717) is 13.1 Å². The molecule has 1 saturated heterocycles. The van der Waals surface area contributed by atoms with E-state index < -0.39 is 6.04 Å². The van der Waals surface area contributed by atoms with Gasteiger partial charge < -0.3 is 15.5 Å². The molecule has 1 aliphatic heterocycles. The average molecular weight is 241 g/mol. The second-order valence-corrected chi connectivity index (χ2v) is 4.53. The number of piperazine rings is 1. The molecule has 6 nitrogen and oxygen atoms in total. The number of hydrogen-bond acceptors (Lipinski definition) is 3. The first kappa shape index (κ1) is 13.5. The van der Waals surface area contributed by atoms with Crippen molar-refractivity contribution < 1.29 is 14.4 Å². The van der Waals surface area contributed by atoms with Gasteiger partial charge in [0.05, 0.1) is 6.54 Å². The minimum atomic E-state index is -0.557. The van der Waals surface area contributed by atoms with Gasteiger partial charge in [-0.15, -0.1) is 0 Å². The van der Waals surface area contributed by atoms with E-state index >= 15 is 0 Å². The molecule has 1 atom stereocenters. The summed E-state index contributed by atoms with van der Waals surface area (Å²) >= 11 is 0. The lowest BCUT2D eigenvalue weighted by atomic mass is 10.0. The first-order valence-corrected chi connectivity index (χ1v) is 5.74. The lowest BCUT2D eigenvalue weighted by Gasteiger charge is -2.31. The van der Waals surface area contributed by atoms with Crippen molar-refractivity contribution in [2.45, 2.75) is 26.8 Å². The van der Waals surface area contributed by atoms with Crippen LogP contribution in [0.5, 0.6) is 0 Å². The number of amides is 3. The fraction of sp³-hybridized carbons (Fsp3) is 0.727. The van der Waals surface area contributed by atoms with Crippen molar-refractivity contribution in [3.63, 3.8) is 0 Å². The van der Waals surface area contributed by atoms with Crippen LogP contribution < -0.4 is 10.6 Å². The van der Waals surface area contributed by atoms with Crippen LogP contribution in [0.2, 0.25) is 0 Å². The van der Waals surface area contributed by atoms with Crippen molar-refractivity contribution in [2.24, 2.45) is 5.92 Å². The van der Waals surface area contributed by atoms with Crippen LogP contribution in [0.4, 0.5) is 0 Å². The Hall–Kier alpha value is -1.59. The molecule has 0 aromatic carbocycles. The van der Waals surface area contributed by atoms with Crippen molar-refractivity contribution in [1.82, 2.24) is 15.5 Å². The van der Waals surface area contributed by atoms with Gasteiger partial charge in [0.25, 0.3) is 0 Å². The summed E-state index contributed by atoms with van der Waals surface area (Å²) in [6.07, 6.45) is 0. The fourth-order valence-electron chi connectivity index (χ4n) is 1.76. The van der Waals surface area contributed by atoms with E-state index in [9.17, 15) is 14.4 Å². The molecule has 96 valence electrons. The lowest BCUT2D eigenvalue weighted by molar-refractivity contribution is -0.142. The van der Waals surface area contributed by atoms with Gasteiger partial charge in [-0.1, -0.05) is 13.8 Å². The molecule has 0 aromatic heterocycles. The van der Waals surface area contributed by atoms with Crippen LogP contribution in [0, 0.1) is 5.92 Å². The van der Waals surface area contributed by atoms with E-state index in [4.69, 9.17) is 0 Å². The Bertz CT molecular complexity index is 328. The van der Waals surface area contributed by atoms with Crippen molar-refractivity contribution in [2.75, 3.05) is 19.6 Å². The van der Waals surface area contributed by atoms with E-state index in [-0.39, 0.29) is 30.2 Å². The SMILES string of the molecule is CC(=O)N[C@@H](C(=O)N1CCNC(=O)C1)C(C)C. The predicted octanol–water partition coefficient (Wildman–Crippen LogP) is -0.894. The van der Waals surface area contributed by atoms with Gasteiger partial charge in [0.15, 0.2) is 0 Å². The summed E-state index contributed by atoms with van der Waals surface area (Å²) in [5.41, 5.74) is 0. The third-order valence-electron chi connectivity index (χ3n) is 2.64. The van der Waals surface area contributed by atoms with Gasteiger partial charge in [-0.05, 0) is 5.92 Å². The molecular weight excluding hydrogens is 222 g/mol. The van der Waals surface area contributed by atoms with Crippen LogP contribution in [0.25, 0.3) is 0 Å². The van der Waals surface area contributed by atoms with Gasteiger partial charge in [-0.3, -0.25) is 14.4 Å². The zero-order chi connectivity index (χ0) is 13.0. The van der Waals surface area contributed by atoms with Gasteiger partial charge in [-0.2, -0.15) is 0 Å². The summed E-state index contributed by atoms with van der Waals surface area (Å²) in [6, 6.07) is -0.557. The Labute approximate surface area is 101 Å². The summed E-state index contributed by atoms with van der Waals surface area (Å²) in [5.74, 6) is -0.588. The Morgan fingerprint density at radius 1 is 1.41 bits per heavy atom. The highest BCUT2D eigenvalue weighted by Crippen LogP contribution is 2.07. The molecule has 17 heavy (non-hydrogen) atoms. The van der Waals surface area contributed by atoms with Crippen molar-refractivity contribution in [1.29, 1.82) is 0 Å².